The van der Waals surface area contributed by atoms with Gasteiger partial charge >= 0.3 is 0 Å². The van der Waals surface area contributed by atoms with Gasteiger partial charge in [-0.15, -0.1) is 11.6 Å². The molecule has 20 heavy (non-hydrogen) atoms. The first-order valence-electron chi connectivity index (χ1n) is 6.64. The predicted molar refractivity (Wildman–Crippen MR) is 79.2 cm³/mol. The van der Waals surface area contributed by atoms with E-state index in [1.807, 2.05) is 6.07 Å². The average molecular weight is 295 g/mol. The highest BCUT2D eigenvalue weighted by Crippen LogP contribution is 2.18. The van der Waals surface area contributed by atoms with Gasteiger partial charge in [0.2, 0.25) is 0 Å². The molecule has 2 rings (SSSR count). The van der Waals surface area contributed by atoms with Crippen molar-refractivity contribution in [1.82, 2.24) is 0 Å². The summed E-state index contributed by atoms with van der Waals surface area (Å²) in [6, 6.07) is 12.3. The van der Waals surface area contributed by atoms with Gasteiger partial charge in [-0.3, -0.25) is 0 Å². The van der Waals surface area contributed by atoms with Crippen LogP contribution >= 0.6 is 11.6 Å². The summed E-state index contributed by atoms with van der Waals surface area (Å²) < 4.78 is 26.1. The molecule has 1 atom stereocenters. The van der Waals surface area contributed by atoms with Gasteiger partial charge in [0.25, 0.3) is 0 Å². The molecule has 0 aliphatic heterocycles. The lowest BCUT2D eigenvalue weighted by Crippen LogP contribution is -2.10. The van der Waals surface area contributed by atoms with Crippen molar-refractivity contribution < 1.29 is 8.78 Å². The van der Waals surface area contributed by atoms with E-state index < -0.39 is 11.6 Å². The van der Waals surface area contributed by atoms with Crippen LogP contribution in [0.4, 0.5) is 8.78 Å². The Bertz CT molecular complexity index is 581. The molecule has 0 heterocycles. The second kappa shape index (κ2) is 6.85. The first-order valence-corrected chi connectivity index (χ1v) is 7.17. The number of hydrogen-bond acceptors (Lipinski definition) is 0. The number of rotatable bonds is 5. The quantitative estimate of drug-likeness (QED) is 0.687. The van der Waals surface area contributed by atoms with Crippen LogP contribution in [0.1, 0.15) is 16.7 Å². The Labute approximate surface area is 123 Å². The fourth-order valence-corrected chi connectivity index (χ4v) is 2.57. The minimum absolute atomic E-state index is 0.211. The number of benzene rings is 2. The second-order valence-corrected chi connectivity index (χ2v) is 5.47. The second-order valence-electron chi connectivity index (χ2n) is 5.17. The van der Waals surface area contributed by atoms with Crippen molar-refractivity contribution in [2.75, 3.05) is 5.88 Å². The van der Waals surface area contributed by atoms with Gasteiger partial charge in [-0.1, -0.05) is 35.9 Å². The molecular weight excluding hydrogens is 278 g/mol. The van der Waals surface area contributed by atoms with Crippen LogP contribution < -0.4 is 0 Å². The van der Waals surface area contributed by atoms with Crippen LogP contribution in [0.25, 0.3) is 0 Å². The van der Waals surface area contributed by atoms with E-state index >= 15 is 0 Å². The first-order chi connectivity index (χ1) is 9.58. The van der Waals surface area contributed by atoms with E-state index in [0.29, 0.717) is 12.3 Å². The van der Waals surface area contributed by atoms with E-state index in [0.717, 1.165) is 12.0 Å². The van der Waals surface area contributed by atoms with E-state index in [2.05, 4.69) is 25.1 Å². The highest BCUT2D eigenvalue weighted by atomic mass is 35.5. The summed E-state index contributed by atoms with van der Waals surface area (Å²) in [6.45, 7) is 2.05. The summed E-state index contributed by atoms with van der Waals surface area (Å²) in [6.07, 6.45) is 1.48. The summed E-state index contributed by atoms with van der Waals surface area (Å²) >= 11 is 6.01. The van der Waals surface area contributed by atoms with Crippen LogP contribution in [0.3, 0.4) is 0 Å². The van der Waals surface area contributed by atoms with Gasteiger partial charge in [-0.05, 0) is 48.9 Å². The predicted octanol–water partition coefficient (Wildman–Crippen LogP) is 4.91. The number of aryl methyl sites for hydroxylation is 1. The topological polar surface area (TPSA) is 0 Å². The van der Waals surface area contributed by atoms with Crippen LogP contribution in [-0.4, -0.2) is 5.88 Å². The van der Waals surface area contributed by atoms with Crippen LogP contribution in [0.5, 0.6) is 0 Å². The van der Waals surface area contributed by atoms with Crippen LogP contribution in [0.2, 0.25) is 0 Å². The molecule has 0 bridgehead atoms. The third-order valence-electron chi connectivity index (χ3n) is 3.33. The Morgan fingerprint density at radius 2 is 1.65 bits per heavy atom. The molecule has 0 amide bonds. The third-order valence-corrected chi connectivity index (χ3v) is 3.77. The van der Waals surface area contributed by atoms with Gasteiger partial charge in [0.15, 0.2) is 11.6 Å². The monoisotopic (exact) mass is 294 g/mol. The highest BCUT2D eigenvalue weighted by Gasteiger charge is 2.11. The fourth-order valence-electron chi connectivity index (χ4n) is 2.35. The fraction of sp³-hybridized carbons (Fsp3) is 0.294. The molecule has 3 heteroatoms. The number of alkyl halides is 1. The molecule has 0 saturated heterocycles. The zero-order valence-corrected chi connectivity index (χ0v) is 12.1. The smallest absolute Gasteiger partial charge is 0.159 e. The third kappa shape index (κ3) is 4.04. The van der Waals surface area contributed by atoms with E-state index in [4.69, 9.17) is 11.6 Å². The Morgan fingerprint density at radius 1 is 0.950 bits per heavy atom. The maximum absolute atomic E-state index is 13.2. The Kier molecular flexibility index (Phi) is 5.13. The van der Waals surface area contributed by atoms with Crippen molar-refractivity contribution in [3.05, 3.63) is 70.8 Å². The molecule has 2 aromatic rings. The van der Waals surface area contributed by atoms with Crippen molar-refractivity contribution in [3.8, 4) is 0 Å². The lowest BCUT2D eigenvalue weighted by molar-refractivity contribution is 0.503. The minimum atomic E-state index is -0.810. The van der Waals surface area contributed by atoms with E-state index in [1.54, 1.807) is 6.07 Å². The van der Waals surface area contributed by atoms with E-state index in [9.17, 15) is 8.78 Å². The number of hydrogen-bond donors (Lipinski definition) is 0. The summed E-state index contributed by atoms with van der Waals surface area (Å²) in [5.41, 5.74) is 3.21. The molecule has 0 nitrogen and oxygen atoms in total. The summed E-state index contributed by atoms with van der Waals surface area (Å²) in [7, 11) is 0. The molecule has 0 radical (unpaired) electrons. The van der Waals surface area contributed by atoms with E-state index in [-0.39, 0.29) is 5.92 Å². The molecule has 0 aliphatic rings. The Hall–Kier alpha value is -1.41. The van der Waals surface area contributed by atoms with Gasteiger partial charge in [-0.2, -0.15) is 0 Å². The SMILES string of the molecule is Cc1cccc(CC(CCl)Cc2ccc(F)c(F)c2)c1. The first kappa shape index (κ1) is 15.0. The van der Waals surface area contributed by atoms with Crippen molar-refractivity contribution in [3.63, 3.8) is 0 Å². The zero-order valence-electron chi connectivity index (χ0n) is 11.4. The molecule has 0 aliphatic carbocycles. The van der Waals surface area contributed by atoms with Crippen molar-refractivity contribution in [2.24, 2.45) is 5.92 Å². The molecule has 0 N–H and O–H groups in total. The normalized spacial score (nSPS) is 12.4. The summed E-state index contributed by atoms with van der Waals surface area (Å²) in [4.78, 5) is 0. The molecule has 1 unspecified atom stereocenters. The minimum Gasteiger partial charge on any atom is -0.204 e. The lowest BCUT2D eigenvalue weighted by Gasteiger charge is -2.14. The molecule has 0 spiro atoms. The standard InChI is InChI=1S/C17H17ClF2/c1-12-3-2-4-13(7-12)8-15(11-18)9-14-5-6-16(19)17(20)10-14/h2-7,10,15H,8-9,11H2,1H3. The molecular formula is C17H17ClF2. The molecule has 106 valence electrons. The van der Waals surface area contributed by atoms with E-state index in [1.165, 1.54) is 23.3 Å². The largest absolute Gasteiger partial charge is 0.204 e. The van der Waals surface area contributed by atoms with Gasteiger partial charge in [0.05, 0.1) is 0 Å². The summed E-state index contributed by atoms with van der Waals surface area (Å²) in [5, 5.41) is 0. The molecule has 2 aromatic carbocycles. The number of halogens is 3. The molecule has 0 fully saturated rings. The maximum atomic E-state index is 13.2. The lowest BCUT2D eigenvalue weighted by atomic mass is 9.93. The van der Waals surface area contributed by atoms with Crippen molar-refractivity contribution in [1.29, 1.82) is 0 Å². The van der Waals surface area contributed by atoms with Crippen molar-refractivity contribution in [2.45, 2.75) is 19.8 Å². The van der Waals surface area contributed by atoms with Crippen LogP contribution in [0, 0.1) is 24.5 Å². The maximum Gasteiger partial charge on any atom is 0.159 e. The van der Waals surface area contributed by atoms with Gasteiger partial charge in [0.1, 0.15) is 0 Å². The zero-order chi connectivity index (χ0) is 14.5. The van der Waals surface area contributed by atoms with Crippen LogP contribution in [-0.2, 0) is 12.8 Å². The highest BCUT2D eigenvalue weighted by molar-refractivity contribution is 6.18. The van der Waals surface area contributed by atoms with Crippen LogP contribution in [0.15, 0.2) is 42.5 Å². The molecule has 0 aromatic heterocycles. The van der Waals surface area contributed by atoms with Gasteiger partial charge < -0.3 is 0 Å². The average Bonchev–Trinajstić information content (AvgIpc) is 2.42. The summed E-state index contributed by atoms with van der Waals surface area (Å²) in [5.74, 6) is -0.906. The Morgan fingerprint density at radius 3 is 2.25 bits per heavy atom. The van der Waals surface area contributed by atoms with Crippen molar-refractivity contribution >= 4 is 11.6 Å². The van der Waals surface area contributed by atoms with Gasteiger partial charge in [-0.25, -0.2) is 8.78 Å². The Balaban J connectivity index is 2.07. The molecule has 0 saturated carbocycles. The van der Waals surface area contributed by atoms with Gasteiger partial charge in [0, 0.05) is 5.88 Å².